The fourth-order valence-corrected chi connectivity index (χ4v) is 4.66. The summed E-state index contributed by atoms with van der Waals surface area (Å²) in [5.41, 5.74) is 0. The number of ether oxygens (including phenoxy) is 10. The summed E-state index contributed by atoms with van der Waals surface area (Å²) in [6.07, 6.45) is -6.92. The van der Waals surface area contributed by atoms with Gasteiger partial charge in [0, 0.05) is 47.5 Å². The SMILES string of the molecule is C#CCO[C@@H]1OC(COC(C)=O)[C@@H](O[C@@H]2OC(COC(C)=O)[C@H](C)C(OC(C)=O)C2OC(C)=O)C(OC(C)=O)C1OC(C)=O. The summed E-state index contributed by atoms with van der Waals surface area (Å²) < 4.78 is 56.0. The predicted octanol–water partition coefficient (Wildman–Crippen LogP) is -0.0397. The van der Waals surface area contributed by atoms with E-state index in [0.717, 1.165) is 34.6 Å². The van der Waals surface area contributed by atoms with Crippen LogP contribution in [0.1, 0.15) is 48.5 Å². The van der Waals surface area contributed by atoms with Gasteiger partial charge in [-0.3, -0.25) is 28.8 Å². The van der Waals surface area contributed by atoms with Crippen LogP contribution in [0.2, 0.25) is 0 Å². The smallest absolute Gasteiger partial charge is 0.303 e. The van der Waals surface area contributed by atoms with Crippen molar-refractivity contribution in [2.75, 3.05) is 19.8 Å². The first-order valence-electron chi connectivity index (χ1n) is 13.6. The third-order valence-corrected chi connectivity index (χ3v) is 6.33. The number of esters is 6. The van der Waals surface area contributed by atoms with Crippen molar-refractivity contribution < 1.29 is 76.1 Å². The lowest BCUT2D eigenvalue weighted by Gasteiger charge is -2.48. The number of carbonyl (C=O) groups excluding carboxylic acids is 6. The normalized spacial score (nSPS) is 31.4. The molecule has 10 atom stereocenters. The molecule has 0 saturated carbocycles. The molecule has 2 saturated heterocycles. The standard InChI is InChI=1S/C28H38O16/c1-9-10-35-27-26(41-19(8)34)24(39-17(6)32)23(21(43-27)12-37-15(4)30)44-28-25(40-18(7)33)22(38-16(5)31)13(2)20(42-28)11-36-14(3)29/h1,13,20-28H,10-12H2,2-8H3/t13-,20?,21?,22?,23+,24?,25?,26?,27+,28-/m0/s1. The molecule has 16 heteroatoms. The largest absolute Gasteiger partial charge is 0.463 e. The molecule has 2 aliphatic rings. The van der Waals surface area contributed by atoms with Crippen LogP contribution >= 0.6 is 0 Å². The Hall–Kier alpha value is -3.78. The molecular formula is C28H38O16. The molecule has 246 valence electrons. The number of terminal acetylenes is 1. The molecule has 0 aliphatic carbocycles. The molecule has 0 spiro atoms. The summed E-state index contributed by atoms with van der Waals surface area (Å²) in [4.78, 5) is 71.9. The fourth-order valence-electron chi connectivity index (χ4n) is 4.66. The van der Waals surface area contributed by atoms with Crippen LogP contribution in [0.5, 0.6) is 0 Å². The number of rotatable bonds is 12. The molecule has 0 radical (unpaired) electrons. The monoisotopic (exact) mass is 630 g/mol. The maximum atomic E-state index is 12.3. The van der Waals surface area contributed by atoms with Gasteiger partial charge < -0.3 is 47.4 Å². The van der Waals surface area contributed by atoms with E-state index >= 15 is 0 Å². The minimum Gasteiger partial charge on any atom is -0.463 e. The van der Waals surface area contributed by atoms with Gasteiger partial charge in [0.2, 0.25) is 0 Å². The highest BCUT2D eigenvalue weighted by atomic mass is 16.8. The fraction of sp³-hybridized carbons (Fsp3) is 0.714. The zero-order valence-electron chi connectivity index (χ0n) is 25.5. The van der Waals surface area contributed by atoms with Crippen molar-refractivity contribution in [3.8, 4) is 12.3 Å². The molecule has 0 aromatic carbocycles. The van der Waals surface area contributed by atoms with Gasteiger partial charge >= 0.3 is 35.8 Å². The molecule has 0 amide bonds. The topological polar surface area (TPSA) is 195 Å². The van der Waals surface area contributed by atoms with Gasteiger partial charge in [0.05, 0.1) is 0 Å². The molecule has 0 aromatic rings. The Morgan fingerprint density at radius 1 is 0.591 bits per heavy atom. The lowest BCUT2D eigenvalue weighted by atomic mass is 9.90. The maximum absolute atomic E-state index is 12.3. The molecule has 2 rings (SSSR count). The minimum atomic E-state index is -1.59. The van der Waals surface area contributed by atoms with Crippen LogP contribution in [0.4, 0.5) is 0 Å². The Morgan fingerprint density at radius 3 is 1.50 bits per heavy atom. The molecule has 0 N–H and O–H groups in total. The van der Waals surface area contributed by atoms with Gasteiger partial charge in [-0.25, -0.2) is 0 Å². The van der Waals surface area contributed by atoms with Crippen molar-refractivity contribution in [2.45, 2.75) is 104 Å². The van der Waals surface area contributed by atoms with Crippen LogP contribution in [0, 0.1) is 18.3 Å². The average molecular weight is 631 g/mol. The van der Waals surface area contributed by atoms with E-state index in [-0.39, 0.29) is 13.2 Å². The number of hydrogen-bond donors (Lipinski definition) is 0. The maximum Gasteiger partial charge on any atom is 0.303 e. The highest BCUT2D eigenvalue weighted by Crippen LogP contribution is 2.36. The molecule has 2 fully saturated rings. The van der Waals surface area contributed by atoms with E-state index in [9.17, 15) is 28.8 Å². The van der Waals surface area contributed by atoms with Crippen LogP contribution in [0.3, 0.4) is 0 Å². The summed E-state index contributed by atoms with van der Waals surface area (Å²) in [5, 5.41) is 0. The predicted molar refractivity (Wildman–Crippen MR) is 142 cm³/mol. The molecule has 0 bridgehead atoms. The van der Waals surface area contributed by atoms with E-state index in [1.54, 1.807) is 6.92 Å². The molecule has 16 nitrogen and oxygen atoms in total. The van der Waals surface area contributed by atoms with Crippen molar-refractivity contribution in [3.05, 3.63) is 0 Å². The molecular weight excluding hydrogens is 592 g/mol. The van der Waals surface area contributed by atoms with Gasteiger partial charge in [-0.1, -0.05) is 12.8 Å². The lowest BCUT2D eigenvalue weighted by molar-refractivity contribution is -0.356. The van der Waals surface area contributed by atoms with Crippen LogP contribution in [-0.2, 0) is 76.1 Å². The third-order valence-electron chi connectivity index (χ3n) is 6.33. The molecule has 0 aromatic heterocycles. The van der Waals surface area contributed by atoms with Crippen molar-refractivity contribution >= 4 is 35.8 Å². The second-order valence-electron chi connectivity index (χ2n) is 9.96. The molecule has 2 aliphatic heterocycles. The average Bonchev–Trinajstić information content (AvgIpc) is 2.90. The van der Waals surface area contributed by atoms with Crippen molar-refractivity contribution in [2.24, 2.45) is 5.92 Å². The Morgan fingerprint density at radius 2 is 1.02 bits per heavy atom. The number of carbonyl (C=O) groups is 6. The Labute approximate surface area is 254 Å². The second kappa shape index (κ2) is 16.9. The van der Waals surface area contributed by atoms with Gasteiger partial charge in [0.15, 0.2) is 30.9 Å². The van der Waals surface area contributed by atoms with Crippen molar-refractivity contribution in [1.29, 1.82) is 0 Å². The van der Waals surface area contributed by atoms with Gasteiger partial charge in [0.25, 0.3) is 0 Å². The van der Waals surface area contributed by atoms with Crippen LogP contribution in [0.25, 0.3) is 0 Å². The van der Waals surface area contributed by atoms with E-state index in [1.165, 1.54) is 6.92 Å². The van der Waals surface area contributed by atoms with Gasteiger partial charge in [-0.2, -0.15) is 0 Å². The highest BCUT2D eigenvalue weighted by Gasteiger charge is 2.56. The molecule has 44 heavy (non-hydrogen) atoms. The van der Waals surface area contributed by atoms with E-state index in [1.807, 2.05) is 0 Å². The van der Waals surface area contributed by atoms with Gasteiger partial charge in [-0.05, 0) is 0 Å². The van der Waals surface area contributed by atoms with E-state index in [2.05, 4.69) is 5.92 Å². The van der Waals surface area contributed by atoms with Gasteiger partial charge in [0.1, 0.15) is 44.2 Å². The summed E-state index contributed by atoms with van der Waals surface area (Å²) in [5.74, 6) is -2.91. The summed E-state index contributed by atoms with van der Waals surface area (Å²) >= 11 is 0. The van der Waals surface area contributed by atoms with Gasteiger partial charge in [-0.15, -0.1) is 6.42 Å². The van der Waals surface area contributed by atoms with E-state index in [4.69, 9.17) is 53.8 Å². The first-order chi connectivity index (χ1) is 20.6. The number of hydrogen-bond acceptors (Lipinski definition) is 16. The van der Waals surface area contributed by atoms with E-state index in [0.29, 0.717) is 0 Å². The summed E-state index contributed by atoms with van der Waals surface area (Å²) in [7, 11) is 0. The highest BCUT2D eigenvalue weighted by molar-refractivity contribution is 5.68. The zero-order chi connectivity index (χ0) is 33.1. The molecule has 2 heterocycles. The minimum absolute atomic E-state index is 0.301. The third kappa shape index (κ3) is 10.7. The Kier molecular flexibility index (Phi) is 14.0. The van der Waals surface area contributed by atoms with Crippen molar-refractivity contribution in [3.63, 3.8) is 0 Å². The Bertz CT molecular complexity index is 1100. The molecule has 6 unspecified atom stereocenters. The van der Waals surface area contributed by atoms with Crippen molar-refractivity contribution in [1.82, 2.24) is 0 Å². The quantitative estimate of drug-likeness (QED) is 0.158. The van der Waals surface area contributed by atoms with Crippen LogP contribution < -0.4 is 0 Å². The lowest BCUT2D eigenvalue weighted by Crippen LogP contribution is -2.66. The first kappa shape index (κ1) is 36.4. The van der Waals surface area contributed by atoms with Crippen LogP contribution in [-0.4, -0.2) is 111 Å². The van der Waals surface area contributed by atoms with E-state index < -0.39 is 104 Å². The van der Waals surface area contributed by atoms with Crippen LogP contribution in [0.15, 0.2) is 0 Å². The second-order valence-corrected chi connectivity index (χ2v) is 9.96. The Balaban J connectivity index is 2.64. The summed E-state index contributed by atoms with van der Waals surface area (Å²) in [6, 6.07) is 0. The zero-order valence-corrected chi connectivity index (χ0v) is 25.5. The first-order valence-corrected chi connectivity index (χ1v) is 13.6. The summed E-state index contributed by atoms with van der Waals surface area (Å²) in [6.45, 7) is 7.29.